The molecule has 0 radical (unpaired) electrons. The van der Waals surface area contributed by atoms with E-state index in [4.69, 9.17) is 0 Å². The van der Waals surface area contributed by atoms with E-state index in [1.807, 2.05) is 0 Å². The highest BCUT2D eigenvalue weighted by Crippen LogP contribution is 2.46. The smallest absolute Gasteiger partial charge is 0.393 e. The van der Waals surface area contributed by atoms with Crippen molar-refractivity contribution in [1.29, 1.82) is 0 Å². The number of nitrogens with zero attached hydrogens (tertiary/aromatic N) is 1. The lowest BCUT2D eigenvalue weighted by molar-refractivity contribution is -0.127. The summed E-state index contributed by atoms with van der Waals surface area (Å²) in [5.41, 5.74) is 8.62. The van der Waals surface area contributed by atoms with Crippen LogP contribution in [0.1, 0.15) is 53.9 Å². The van der Waals surface area contributed by atoms with Crippen LogP contribution >= 0.6 is 0 Å². The fourth-order valence-corrected chi connectivity index (χ4v) is 5.50. The number of phenolic OH excluding ortho intramolecular Hbond substituents is 1. The third-order valence-electron chi connectivity index (χ3n) is 7.05. The lowest BCUT2D eigenvalue weighted by atomic mass is 9.71. The molecule has 1 aromatic heterocycles. The summed E-state index contributed by atoms with van der Waals surface area (Å²) in [7, 11) is 0. The van der Waals surface area contributed by atoms with Gasteiger partial charge in [0.25, 0.3) is 0 Å². The first kappa shape index (κ1) is 22.4. The van der Waals surface area contributed by atoms with Crippen LogP contribution in [0.3, 0.4) is 0 Å². The maximum absolute atomic E-state index is 15.7. The number of nitrogens with one attached hydrogen (secondary N) is 4. The molecule has 5 unspecified atom stereocenters. The van der Waals surface area contributed by atoms with Crippen molar-refractivity contribution in [1.82, 2.24) is 26.1 Å². The van der Waals surface area contributed by atoms with Crippen molar-refractivity contribution >= 4 is 5.57 Å². The van der Waals surface area contributed by atoms with Gasteiger partial charge in [-0.15, -0.1) is 0 Å². The molecule has 5 rings (SSSR count). The third kappa shape index (κ3) is 4.51. The number of hydrogen-bond acceptors (Lipinski definition) is 5. The number of benzene rings is 1. The van der Waals surface area contributed by atoms with E-state index >= 15 is 4.39 Å². The number of aromatic amines is 1. The van der Waals surface area contributed by atoms with Crippen molar-refractivity contribution in [3.63, 3.8) is 0 Å². The Morgan fingerprint density at radius 2 is 2.00 bits per heavy atom. The van der Waals surface area contributed by atoms with Crippen LogP contribution < -0.4 is 16.2 Å². The van der Waals surface area contributed by atoms with Crippen LogP contribution in [0.25, 0.3) is 5.57 Å². The summed E-state index contributed by atoms with van der Waals surface area (Å²) in [6, 6.07) is 3.11. The van der Waals surface area contributed by atoms with Gasteiger partial charge >= 0.3 is 6.18 Å². The van der Waals surface area contributed by atoms with Gasteiger partial charge in [0.15, 0.2) is 0 Å². The first-order chi connectivity index (χ1) is 15.8. The predicted molar refractivity (Wildman–Crippen MR) is 115 cm³/mol. The van der Waals surface area contributed by atoms with E-state index in [9.17, 15) is 18.3 Å². The van der Waals surface area contributed by atoms with E-state index in [1.165, 1.54) is 17.7 Å². The van der Waals surface area contributed by atoms with Crippen molar-refractivity contribution in [2.75, 3.05) is 13.1 Å². The van der Waals surface area contributed by atoms with Crippen LogP contribution in [0, 0.1) is 5.92 Å². The maximum atomic E-state index is 15.7. The normalized spacial score (nSPS) is 30.2. The highest BCUT2D eigenvalue weighted by molar-refractivity contribution is 5.63. The van der Waals surface area contributed by atoms with Gasteiger partial charge in [-0.3, -0.25) is 5.43 Å². The Bertz CT molecular complexity index is 1040. The topological polar surface area (TPSA) is 85.0 Å². The number of aromatic nitrogens is 2. The lowest BCUT2D eigenvalue weighted by Crippen LogP contribution is -2.45. The second-order valence-electron chi connectivity index (χ2n) is 9.12. The Kier molecular flexibility index (Phi) is 5.92. The van der Waals surface area contributed by atoms with Gasteiger partial charge in [0.2, 0.25) is 0 Å². The predicted octanol–water partition coefficient (Wildman–Crippen LogP) is 3.65. The molecule has 2 fully saturated rings. The molecule has 5 atom stereocenters. The molecule has 1 saturated heterocycles. The Morgan fingerprint density at radius 3 is 2.76 bits per heavy atom. The van der Waals surface area contributed by atoms with Gasteiger partial charge in [0.1, 0.15) is 17.7 Å². The molecule has 1 aromatic carbocycles. The number of hydrazine groups is 1. The molecular formula is C23H27F4N5O. The summed E-state index contributed by atoms with van der Waals surface area (Å²) < 4.78 is 55.0. The van der Waals surface area contributed by atoms with Crippen LogP contribution in [-0.2, 0) is 6.42 Å². The number of imidazole rings is 1. The zero-order chi connectivity index (χ0) is 23.2. The quantitative estimate of drug-likeness (QED) is 0.445. The molecule has 3 heterocycles. The maximum Gasteiger partial charge on any atom is 0.393 e. The van der Waals surface area contributed by atoms with Gasteiger partial charge in [-0.25, -0.2) is 14.8 Å². The summed E-state index contributed by atoms with van der Waals surface area (Å²) >= 11 is 0. The summed E-state index contributed by atoms with van der Waals surface area (Å²) in [6.45, 7) is 1.72. The van der Waals surface area contributed by atoms with Gasteiger partial charge in [0, 0.05) is 18.4 Å². The van der Waals surface area contributed by atoms with Crippen molar-refractivity contribution in [3.05, 3.63) is 53.1 Å². The summed E-state index contributed by atoms with van der Waals surface area (Å²) in [5.74, 6) is -0.275. The highest BCUT2D eigenvalue weighted by Gasteiger charge is 2.49. The number of H-pyrrole nitrogens is 1. The van der Waals surface area contributed by atoms with E-state index in [2.05, 4.69) is 32.2 Å². The largest absolute Gasteiger partial charge is 0.508 e. The van der Waals surface area contributed by atoms with Gasteiger partial charge in [0.05, 0.1) is 30.4 Å². The molecule has 33 heavy (non-hydrogen) atoms. The van der Waals surface area contributed by atoms with Crippen LogP contribution in [0.2, 0.25) is 0 Å². The van der Waals surface area contributed by atoms with Crippen LogP contribution in [-0.4, -0.2) is 46.6 Å². The molecule has 1 aliphatic carbocycles. The fraction of sp³-hybridized carbons (Fsp3) is 0.522. The molecular weight excluding hydrogens is 438 g/mol. The molecule has 5 N–H and O–H groups in total. The van der Waals surface area contributed by atoms with Gasteiger partial charge in [-0.2, -0.15) is 13.2 Å². The summed E-state index contributed by atoms with van der Waals surface area (Å²) in [6.07, 6.45) is -1.11. The minimum absolute atomic E-state index is 0.0676. The van der Waals surface area contributed by atoms with E-state index in [-0.39, 0.29) is 23.3 Å². The number of fused-ring (bicyclic) bond motifs is 1. The van der Waals surface area contributed by atoms with E-state index in [1.54, 1.807) is 6.20 Å². The molecule has 1 saturated carbocycles. The van der Waals surface area contributed by atoms with Crippen molar-refractivity contribution < 1.29 is 22.7 Å². The molecule has 0 bridgehead atoms. The van der Waals surface area contributed by atoms with Crippen molar-refractivity contribution in [2.24, 2.45) is 5.92 Å². The number of alkyl halides is 4. The number of aromatic hydroxyl groups is 1. The summed E-state index contributed by atoms with van der Waals surface area (Å²) in [4.78, 5) is 7.91. The minimum atomic E-state index is -4.44. The fourth-order valence-electron chi connectivity index (χ4n) is 5.50. The molecule has 2 aromatic rings. The molecule has 6 nitrogen and oxygen atoms in total. The second-order valence-corrected chi connectivity index (χ2v) is 9.12. The monoisotopic (exact) mass is 465 g/mol. The van der Waals surface area contributed by atoms with Gasteiger partial charge in [-0.05, 0) is 54.6 Å². The van der Waals surface area contributed by atoms with Crippen molar-refractivity contribution in [3.8, 4) is 5.75 Å². The van der Waals surface area contributed by atoms with Gasteiger partial charge < -0.3 is 15.4 Å². The minimum Gasteiger partial charge on any atom is -0.508 e. The van der Waals surface area contributed by atoms with Crippen LogP contribution in [0.4, 0.5) is 17.6 Å². The third-order valence-corrected chi connectivity index (χ3v) is 7.05. The van der Waals surface area contributed by atoms with Crippen LogP contribution in [0.15, 0.2) is 30.5 Å². The first-order valence-corrected chi connectivity index (χ1v) is 11.3. The second kappa shape index (κ2) is 8.73. The van der Waals surface area contributed by atoms with E-state index in [0.29, 0.717) is 18.4 Å². The van der Waals surface area contributed by atoms with Gasteiger partial charge in [-0.1, -0.05) is 12.1 Å². The summed E-state index contributed by atoms with van der Waals surface area (Å²) in [5, 5.41) is 13.0. The molecule has 10 heteroatoms. The standard InChI is InChI=1S/C23H27F4N5O/c24-19-16(15-2-1-14(33)9-13(15)10-23(25,26)27)3-4-17-20(19)31-32-21(17)22-29-11-18(30-22)12-5-7-28-8-6-12/h1-2,5,9,11,16-17,19-21,28,31-33H,3-4,6-8,10H2,(H,29,30). The van der Waals surface area contributed by atoms with E-state index < -0.39 is 30.7 Å². The molecule has 0 spiro atoms. The van der Waals surface area contributed by atoms with Crippen molar-refractivity contribution in [2.45, 2.75) is 56.0 Å². The lowest BCUT2D eigenvalue weighted by Gasteiger charge is -2.37. The van der Waals surface area contributed by atoms with Crippen LogP contribution in [0.5, 0.6) is 5.75 Å². The molecule has 0 amide bonds. The number of hydrogen-bond donors (Lipinski definition) is 5. The first-order valence-electron chi connectivity index (χ1n) is 11.3. The molecule has 178 valence electrons. The zero-order valence-electron chi connectivity index (χ0n) is 17.9. The average molecular weight is 465 g/mol. The SMILES string of the molecule is Oc1ccc(C2CCC3C(c4ncc(C5=CCNCC5)[nH]4)NNC3C2F)c(CC(F)(F)F)c1. The Labute approximate surface area is 188 Å². The van der Waals surface area contributed by atoms with E-state index in [0.717, 1.165) is 37.1 Å². The average Bonchev–Trinajstić information content (AvgIpc) is 3.42. The number of halogens is 4. The Balaban J connectivity index is 1.34. The Hall–Kier alpha value is -2.43. The number of phenols is 1. The Morgan fingerprint density at radius 1 is 1.15 bits per heavy atom. The molecule has 3 aliphatic rings. The molecule has 2 aliphatic heterocycles. The highest BCUT2D eigenvalue weighted by atomic mass is 19.4. The number of rotatable bonds is 4. The zero-order valence-corrected chi connectivity index (χ0v) is 17.9.